The summed E-state index contributed by atoms with van der Waals surface area (Å²) in [6, 6.07) is 14.1. The van der Waals surface area contributed by atoms with Crippen LogP contribution in [0.15, 0.2) is 60.8 Å². The summed E-state index contributed by atoms with van der Waals surface area (Å²) in [6.45, 7) is 1.81. The van der Waals surface area contributed by atoms with Gasteiger partial charge >= 0.3 is 5.97 Å². The Kier molecular flexibility index (Phi) is 7.31. The second-order valence-corrected chi connectivity index (χ2v) is 6.04. The molecule has 6 nitrogen and oxygen atoms in total. The van der Waals surface area contributed by atoms with Crippen LogP contribution in [-0.2, 0) is 4.89 Å². The van der Waals surface area contributed by atoms with E-state index in [1.54, 1.807) is 24.3 Å². The molecule has 28 heavy (non-hydrogen) atoms. The zero-order valence-corrected chi connectivity index (χ0v) is 15.8. The normalized spacial score (nSPS) is 9.89. The summed E-state index contributed by atoms with van der Waals surface area (Å²) in [4.78, 5) is 14.1. The highest BCUT2D eigenvalue weighted by atomic mass is 35.5. The van der Waals surface area contributed by atoms with E-state index in [0.29, 0.717) is 16.3 Å². The minimum Gasteiger partial charge on any atom is -0.618 e. The monoisotopic (exact) mass is 405 g/mol. The smallest absolute Gasteiger partial charge is 0.372 e. The molecule has 0 fully saturated rings. The SMILES string of the molecule is COc1ccc(-c2c(C)ccc[n+]2[O-])cc1F.O=C(OO)c1cccc(Cl)c1. The van der Waals surface area contributed by atoms with Crippen molar-refractivity contribution in [3.63, 3.8) is 0 Å². The van der Waals surface area contributed by atoms with E-state index in [2.05, 4.69) is 4.89 Å². The number of benzene rings is 2. The Morgan fingerprint density at radius 2 is 1.93 bits per heavy atom. The van der Waals surface area contributed by atoms with Gasteiger partial charge < -0.3 is 9.94 Å². The maximum absolute atomic E-state index is 13.6. The topological polar surface area (TPSA) is 82.7 Å². The Morgan fingerprint density at radius 1 is 1.18 bits per heavy atom. The lowest BCUT2D eigenvalue weighted by atomic mass is 10.1. The third-order valence-corrected chi connectivity index (χ3v) is 3.97. The molecule has 0 saturated carbocycles. The van der Waals surface area contributed by atoms with Gasteiger partial charge in [-0.3, -0.25) is 4.89 Å². The molecule has 0 radical (unpaired) electrons. The Morgan fingerprint density at radius 3 is 2.50 bits per heavy atom. The lowest BCUT2D eigenvalue weighted by Crippen LogP contribution is -2.29. The fourth-order valence-electron chi connectivity index (χ4n) is 2.43. The zero-order valence-electron chi connectivity index (χ0n) is 15.1. The number of hydrogen-bond donors (Lipinski definition) is 1. The lowest BCUT2D eigenvalue weighted by molar-refractivity contribution is -0.594. The van der Waals surface area contributed by atoms with Gasteiger partial charge in [0.05, 0.1) is 18.2 Å². The average Bonchev–Trinajstić information content (AvgIpc) is 2.68. The summed E-state index contributed by atoms with van der Waals surface area (Å²) in [6.07, 6.45) is 1.39. The third kappa shape index (κ3) is 5.18. The first kappa shape index (κ1) is 21.1. The molecule has 1 heterocycles. The molecule has 1 N–H and O–H groups in total. The highest BCUT2D eigenvalue weighted by Gasteiger charge is 2.14. The van der Waals surface area contributed by atoms with E-state index in [1.165, 1.54) is 37.6 Å². The van der Waals surface area contributed by atoms with Crippen LogP contribution in [0.1, 0.15) is 15.9 Å². The van der Waals surface area contributed by atoms with E-state index >= 15 is 0 Å². The maximum atomic E-state index is 13.6. The van der Waals surface area contributed by atoms with Crippen LogP contribution in [0.2, 0.25) is 5.02 Å². The van der Waals surface area contributed by atoms with Crippen molar-refractivity contribution in [2.24, 2.45) is 0 Å². The molecule has 0 aliphatic carbocycles. The van der Waals surface area contributed by atoms with Crippen molar-refractivity contribution in [2.75, 3.05) is 7.11 Å². The molecule has 0 spiro atoms. The number of aryl methyl sites for hydroxylation is 1. The fraction of sp³-hybridized carbons (Fsp3) is 0.100. The zero-order chi connectivity index (χ0) is 20.7. The Labute approximate surface area is 165 Å². The van der Waals surface area contributed by atoms with E-state index in [-0.39, 0.29) is 11.3 Å². The van der Waals surface area contributed by atoms with E-state index in [0.717, 1.165) is 10.3 Å². The number of carbonyl (C=O) groups excluding carboxylic acids is 1. The van der Waals surface area contributed by atoms with Gasteiger partial charge in [0, 0.05) is 16.7 Å². The second kappa shape index (κ2) is 9.68. The highest BCUT2D eigenvalue weighted by molar-refractivity contribution is 6.30. The van der Waals surface area contributed by atoms with Crippen LogP contribution >= 0.6 is 11.6 Å². The summed E-state index contributed by atoms with van der Waals surface area (Å²) in [7, 11) is 1.40. The third-order valence-electron chi connectivity index (χ3n) is 3.73. The molecular formula is C20H17ClFNO5. The largest absolute Gasteiger partial charge is 0.618 e. The van der Waals surface area contributed by atoms with Crippen molar-refractivity contribution in [1.82, 2.24) is 0 Å². The average molecular weight is 406 g/mol. The van der Waals surface area contributed by atoms with Crippen molar-refractivity contribution in [1.29, 1.82) is 0 Å². The number of ether oxygens (including phenoxy) is 1. The van der Waals surface area contributed by atoms with Gasteiger partial charge in [-0.1, -0.05) is 17.7 Å². The molecule has 146 valence electrons. The molecule has 8 heteroatoms. The summed E-state index contributed by atoms with van der Waals surface area (Å²) < 4.78 is 19.1. The molecule has 3 aromatic rings. The highest BCUT2D eigenvalue weighted by Crippen LogP contribution is 2.25. The number of hydrogen-bond acceptors (Lipinski definition) is 5. The Balaban J connectivity index is 0.000000221. The second-order valence-electron chi connectivity index (χ2n) is 5.60. The van der Waals surface area contributed by atoms with Crippen LogP contribution in [0.25, 0.3) is 11.3 Å². The van der Waals surface area contributed by atoms with Gasteiger partial charge in [-0.2, -0.15) is 9.99 Å². The predicted octanol–water partition coefficient (Wildman–Crippen LogP) is 4.41. The van der Waals surface area contributed by atoms with Gasteiger partial charge in [-0.15, -0.1) is 0 Å². The van der Waals surface area contributed by atoms with Crippen LogP contribution in [0, 0.1) is 17.9 Å². The van der Waals surface area contributed by atoms with Crippen molar-refractivity contribution in [3.8, 4) is 17.0 Å². The summed E-state index contributed by atoms with van der Waals surface area (Å²) in [5, 5.41) is 20.1. The first-order valence-electron chi connectivity index (χ1n) is 8.01. The molecule has 0 saturated heterocycles. The van der Waals surface area contributed by atoms with Crippen molar-refractivity contribution in [3.05, 3.63) is 88.0 Å². The molecule has 3 rings (SSSR count). The number of halogens is 2. The van der Waals surface area contributed by atoms with Gasteiger partial charge in [0.25, 0.3) is 0 Å². The Bertz CT molecular complexity index is 960. The van der Waals surface area contributed by atoms with Gasteiger partial charge in [-0.05, 0) is 49.4 Å². The quantitative estimate of drug-likeness (QED) is 0.302. The van der Waals surface area contributed by atoms with E-state index < -0.39 is 11.8 Å². The van der Waals surface area contributed by atoms with E-state index in [1.807, 2.05) is 13.0 Å². The fourth-order valence-corrected chi connectivity index (χ4v) is 2.62. The standard InChI is InChI=1S/C13H12FNO2.C7H5ClO3/c1-9-4-3-7-15(16)13(9)10-5-6-12(17-2)11(14)8-10;8-6-3-1-2-5(4-6)7(9)11-10/h3-8H,1-2H3;1-4,10H. The van der Waals surface area contributed by atoms with Crippen molar-refractivity contribution >= 4 is 17.6 Å². The molecule has 0 unspecified atom stereocenters. The van der Waals surface area contributed by atoms with E-state index in [9.17, 15) is 14.4 Å². The van der Waals surface area contributed by atoms with Crippen LogP contribution in [0.4, 0.5) is 4.39 Å². The molecule has 0 atom stereocenters. The molecular weight excluding hydrogens is 389 g/mol. The van der Waals surface area contributed by atoms with E-state index in [4.69, 9.17) is 21.6 Å². The van der Waals surface area contributed by atoms with Crippen LogP contribution < -0.4 is 9.47 Å². The Hall–Kier alpha value is -3.16. The number of nitrogens with zero attached hydrogens (tertiary/aromatic N) is 1. The van der Waals surface area contributed by atoms with Crippen LogP contribution in [0.3, 0.4) is 0 Å². The minimum absolute atomic E-state index is 0.166. The summed E-state index contributed by atoms with van der Waals surface area (Å²) in [5.74, 6) is -1.12. The lowest BCUT2D eigenvalue weighted by Gasteiger charge is -2.08. The molecule has 0 bridgehead atoms. The molecule has 0 aliphatic heterocycles. The minimum atomic E-state index is -0.813. The number of carbonyl (C=O) groups is 1. The summed E-state index contributed by atoms with van der Waals surface area (Å²) in [5.41, 5.74) is 2.01. The van der Waals surface area contributed by atoms with Crippen molar-refractivity contribution < 1.29 is 28.8 Å². The number of methoxy groups -OCH3 is 1. The van der Waals surface area contributed by atoms with Crippen LogP contribution in [-0.4, -0.2) is 18.3 Å². The van der Waals surface area contributed by atoms with Gasteiger partial charge in [-0.25, -0.2) is 9.18 Å². The molecule has 2 aromatic carbocycles. The molecule has 0 amide bonds. The molecule has 1 aromatic heterocycles. The predicted molar refractivity (Wildman–Crippen MR) is 102 cm³/mol. The maximum Gasteiger partial charge on any atom is 0.372 e. The first-order valence-corrected chi connectivity index (χ1v) is 8.39. The summed E-state index contributed by atoms with van der Waals surface area (Å²) >= 11 is 5.56. The van der Waals surface area contributed by atoms with Gasteiger partial charge in [0.15, 0.2) is 17.8 Å². The number of pyridine rings is 1. The van der Waals surface area contributed by atoms with Crippen LogP contribution in [0.5, 0.6) is 5.75 Å². The first-order chi connectivity index (χ1) is 13.4. The van der Waals surface area contributed by atoms with Gasteiger partial charge in [0.1, 0.15) is 0 Å². The number of aromatic nitrogens is 1. The molecule has 0 aliphatic rings. The van der Waals surface area contributed by atoms with Crippen molar-refractivity contribution in [2.45, 2.75) is 6.92 Å². The van der Waals surface area contributed by atoms with Gasteiger partial charge in [0.2, 0.25) is 5.69 Å². The number of rotatable bonds is 3.